The van der Waals surface area contributed by atoms with Gasteiger partial charge in [-0.1, -0.05) is 13.8 Å². The van der Waals surface area contributed by atoms with E-state index in [-0.39, 0.29) is 30.5 Å². The highest BCUT2D eigenvalue weighted by Crippen LogP contribution is 2.13. The molecule has 0 aliphatic heterocycles. The van der Waals surface area contributed by atoms with Gasteiger partial charge in [-0.15, -0.1) is 0 Å². The van der Waals surface area contributed by atoms with Crippen LogP contribution in [-0.2, 0) is 86.3 Å². The summed E-state index contributed by atoms with van der Waals surface area (Å²) in [6.07, 6.45) is -7.02. The van der Waals surface area contributed by atoms with E-state index in [0.29, 0.717) is 4.90 Å². The van der Waals surface area contributed by atoms with Crippen molar-refractivity contribution in [1.82, 2.24) is 68.7 Å². The lowest BCUT2D eigenvalue weighted by atomic mass is 10.0. The molecule has 0 heterocycles. The number of primary amides is 2. The van der Waals surface area contributed by atoms with E-state index < -0.39 is 237 Å². The first-order valence-electron chi connectivity index (χ1n) is 27.9. The minimum Gasteiger partial charge on any atom is -0.481 e. The second-order valence-corrected chi connectivity index (χ2v) is 22.4. The van der Waals surface area contributed by atoms with Gasteiger partial charge < -0.3 is 100 Å². The summed E-state index contributed by atoms with van der Waals surface area (Å²) < 4.78 is 0. The molecule has 12 atom stereocenters. The molecule has 0 bridgehead atoms. The number of thiol groups is 2. The van der Waals surface area contributed by atoms with Crippen LogP contribution in [0.2, 0.25) is 0 Å². The zero-order valence-corrected chi connectivity index (χ0v) is 53.8. The number of carboxylic acids is 4. The topological polar surface area (TPSA) is 608 Å². The highest BCUT2D eigenvalue weighted by atomic mass is 32.2. The summed E-state index contributed by atoms with van der Waals surface area (Å²) in [5, 5.41) is 76.1. The Morgan fingerprint density at radius 1 is 0.467 bits per heavy atom. The second-order valence-electron chi connectivity index (χ2n) is 20.7. The molecule has 518 valence electrons. The SMILES string of the molecule is CSCC[C@H](NC(=O)[C@H](C)NC(=O)[C@H](CS)NCNC(C)=O)C(=O)N[C@H](C(=O)N[C@@H](CC(N)=O)C(=O)N[C@@H](CC(N)=O)C(=O)N[C@@H](CC(=O)O)C(=O)N[C@@H](CCC(=O)O)C(=O)N[C@H](C(=O)N(CNC(C)=O)[C@@H](CS)C(=O)N[C@@H](CCC(=O)O)C(=O)O)[C@@H](C)O)C(C)C. The summed E-state index contributed by atoms with van der Waals surface area (Å²) in [5.74, 6) is -23.9. The van der Waals surface area contributed by atoms with E-state index in [1.54, 1.807) is 6.26 Å². The molecule has 0 aromatic heterocycles. The van der Waals surface area contributed by atoms with Crippen LogP contribution in [0.15, 0.2) is 0 Å². The largest absolute Gasteiger partial charge is 0.481 e. The number of rotatable bonds is 45. The third kappa shape index (κ3) is 31.9. The number of aliphatic carboxylic acids is 4. The van der Waals surface area contributed by atoms with Crippen LogP contribution < -0.4 is 75.3 Å². The fourth-order valence-corrected chi connectivity index (χ4v) is 8.93. The third-order valence-corrected chi connectivity index (χ3v) is 14.1. The zero-order valence-electron chi connectivity index (χ0n) is 51.2. The monoisotopic (exact) mass is 1370 g/mol. The van der Waals surface area contributed by atoms with Gasteiger partial charge in [-0.05, 0) is 51.0 Å². The maximum atomic E-state index is 14.2. The summed E-state index contributed by atoms with van der Waals surface area (Å²) in [7, 11) is 0. The molecule has 0 spiro atoms. The highest BCUT2D eigenvalue weighted by molar-refractivity contribution is 7.98. The maximum Gasteiger partial charge on any atom is 0.326 e. The van der Waals surface area contributed by atoms with Crippen molar-refractivity contribution in [2.45, 2.75) is 165 Å². The second kappa shape index (κ2) is 42.5. The van der Waals surface area contributed by atoms with Crippen LogP contribution in [0.25, 0.3) is 0 Å². The smallest absolute Gasteiger partial charge is 0.326 e. The van der Waals surface area contributed by atoms with Crippen molar-refractivity contribution in [3.05, 3.63) is 0 Å². The van der Waals surface area contributed by atoms with Gasteiger partial charge in [0.1, 0.15) is 60.4 Å². The van der Waals surface area contributed by atoms with Crippen molar-refractivity contribution in [2.75, 3.05) is 36.9 Å². The molecule has 14 amide bonds. The van der Waals surface area contributed by atoms with E-state index >= 15 is 0 Å². The van der Waals surface area contributed by atoms with Gasteiger partial charge in [0, 0.05) is 38.2 Å². The minimum atomic E-state index is -2.31. The summed E-state index contributed by atoms with van der Waals surface area (Å²) in [4.78, 5) is 233. The molecule has 0 aromatic rings. The third-order valence-electron chi connectivity index (χ3n) is 12.7. The predicted molar refractivity (Wildman–Crippen MR) is 326 cm³/mol. The molecule has 0 rings (SSSR count). The first kappa shape index (κ1) is 83.4. The summed E-state index contributed by atoms with van der Waals surface area (Å²) in [6, 6.07) is -19.6. The molecule has 0 saturated carbocycles. The van der Waals surface area contributed by atoms with Crippen molar-refractivity contribution < 1.29 is 112 Å². The number of carboxylic acid groups (broad SMARTS) is 4. The number of aliphatic hydroxyl groups is 1. The van der Waals surface area contributed by atoms with Crippen LogP contribution in [0.5, 0.6) is 0 Å². The van der Waals surface area contributed by atoms with Crippen molar-refractivity contribution >= 4 is 144 Å². The normalized spacial score (nSPS) is 14.8. The van der Waals surface area contributed by atoms with Crippen molar-refractivity contribution in [1.29, 1.82) is 0 Å². The Labute approximate surface area is 541 Å². The number of carbonyl (C=O) groups is 18. The van der Waals surface area contributed by atoms with E-state index in [9.17, 15) is 107 Å². The van der Waals surface area contributed by atoms with Gasteiger partial charge >= 0.3 is 23.9 Å². The maximum absolute atomic E-state index is 14.2. The molecule has 0 aromatic carbocycles. The number of thioether (sulfide) groups is 1. The number of hydrogen-bond acceptors (Lipinski definition) is 23. The van der Waals surface area contributed by atoms with Gasteiger partial charge in [-0.3, -0.25) is 86.8 Å². The van der Waals surface area contributed by atoms with E-state index in [4.69, 9.17) is 16.6 Å². The number of hydrogen-bond donors (Lipinski definition) is 21. The molecular formula is C51H83N15O23S3. The van der Waals surface area contributed by atoms with Crippen molar-refractivity contribution in [3.63, 3.8) is 0 Å². The summed E-state index contributed by atoms with van der Waals surface area (Å²) >= 11 is 9.47. The molecular weight excluding hydrogens is 1290 g/mol. The van der Waals surface area contributed by atoms with E-state index in [1.165, 1.54) is 39.5 Å². The van der Waals surface area contributed by atoms with Gasteiger partial charge in [-0.2, -0.15) is 37.0 Å². The fourth-order valence-electron chi connectivity index (χ4n) is 7.80. The molecule has 0 unspecified atom stereocenters. The van der Waals surface area contributed by atoms with E-state index in [0.717, 1.165) is 13.8 Å². The van der Waals surface area contributed by atoms with Crippen molar-refractivity contribution in [3.8, 4) is 0 Å². The van der Waals surface area contributed by atoms with Crippen LogP contribution in [0.3, 0.4) is 0 Å². The van der Waals surface area contributed by atoms with E-state index in [2.05, 4.69) is 67.8 Å². The molecule has 0 radical (unpaired) electrons. The van der Waals surface area contributed by atoms with Gasteiger partial charge in [0.15, 0.2) is 0 Å². The Morgan fingerprint density at radius 2 is 0.880 bits per heavy atom. The average molecular weight is 1370 g/mol. The lowest BCUT2D eigenvalue weighted by molar-refractivity contribution is -0.148. The van der Waals surface area contributed by atoms with Crippen LogP contribution in [0.4, 0.5) is 0 Å². The molecule has 21 N–H and O–H groups in total. The molecule has 0 saturated heterocycles. The molecule has 38 nitrogen and oxygen atoms in total. The molecule has 0 aliphatic carbocycles. The number of aliphatic hydroxyl groups excluding tert-OH is 1. The van der Waals surface area contributed by atoms with Crippen LogP contribution >= 0.6 is 37.0 Å². The first-order valence-corrected chi connectivity index (χ1v) is 30.6. The number of nitrogens with two attached hydrogens (primary N) is 2. The van der Waals surface area contributed by atoms with Gasteiger partial charge in [0.2, 0.25) is 82.7 Å². The van der Waals surface area contributed by atoms with Crippen LogP contribution in [-0.4, -0.2) is 246 Å². The highest BCUT2D eigenvalue weighted by Gasteiger charge is 2.41. The summed E-state index contributed by atoms with van der Waals surface area (Å²) in [5.41, 5.74) is 10.8. The lowest BCUT2D eigenvalue weighted by Crippen LogP contribution is -2.64. The van der Waals surface area contributed by atoms with Gasteiger partial charge in [0.05, 0.1) is 44.7 Å². The standard InChI is InChI=1S/C51H83N15O23S3/c1-21(2)39(64-43(80)27(12-13-92-7)58-41(78)22(3)57-47(84)32(17-90)55-19-54-24(5)68)49(86)63-30(15-35(53)71)45(82)61-29(14-34(52)70)44(81)62-31(16-38(76)77)46(83)59-26(8-10-36(72)73)42(79)65-40(23(4)67)50(87)66(20-56-25(6)69)33(18-91)48(85)60-28(51(88)89)9-11-37(74)75/h21-23,26-33,39-40,55,67,90-91H,8-20H2,1-7H3,(H2,52,70)(H2,53,71)(H,54,68)(H,56,69)(H,57,84)(H,58,78)(H,59,83)(H,60,85)(H,61,82)(H,62,81)(H,63,86)(H,64,80)(H,65,79)(H,72,73)(H,74,75)(H,76,77)(H,88,89)/t22-,23+,26-,27-,28-,29-,30-,31-,32-,33-,39-,40-/m0/s1. The number of carbonyl (C=O) groups excluding carboxylic acids is 14. The lowest BCUT2D eigenvalue weighted by Gasteiger charge is -2.35. The summed E-state index contributed by atoms with van der Waals surface area (Å²) in [6.45, 7) is 6.41. The quantitative estimate of drug-likeness (QED) is 0.0199. The molecule has 92 heavy (non-hydrogen) atoms. The number of nitrogens with zero attached hydrogens (tertiary/aromatic N) is 1. The minimum absolute atomic E-state index is 0.0198. The van der Waals surface area contributed by atoms with E-state index in [1.807, 2.05) is 21.3 Å². The fraction of sp³-hybridized carbons (Fsp3) is 0.647. The Morgan fingerprint density at radius 3 is 1.29 bits per heavy atom. The number of nitrogens with one attached hydrogen (secondary N) is 12. The zero-order chi connectivity index (χ0) is 70.9. The average Bonchev–Trinajstić information content (AvgIpc) is 1.49. The molecule has 0 aliphatic rings. The predicted octanol–water partition coefficient (Wildman–Crippen LogP) is -8.60. The molecule has 0 fully saturated rings. The Kier molecular flexibility index (Phi) is 38.5. The first-order chi connectivity index (χ1) is 42.8. The van der Waals surface area contributed by atoms with Crippen LogP contribution in [0, 0.1) is 5.92 Å². The molecule has 41 heteroatoms. The Balaban J connectivity index is 6.96. The van der Waals surface area contributed by atoms with Gasteiger partial charge in [0.25, 0.3) is 0 Å². The Hall–Kier alpha value is -8.57. The van der Waals surface area contributed by atoms with Crippen molar-refractivity contribution in [2.24, 2.45) is 17.4 Å². The van der Waals surface area contributed by atoms with Crippen LogP contribution in [0.1, 0.15) is 92.9 Å². The van der Waals surface area contributed by atoms with Gasteiger partial charge in [-0.25, -0.2) is 4.79 Å². The Bertz CT molecular complexity index is 2690. The number of amides is 14.